The van der Waals surface area contributed by atoms with E-state index < -0.39 is 6.03 Å². The van der Waals surface area contributed by atoms with Crippen molar-refractivity contribution >= 4 is 11.9 Å². The second-order valence-electron chi connectivity index (χ2n) is 5.60. The molecule has 3 amide bonds. The molecular weight excluding hydrogens is 302 g/mol. The Morgan fingerprint density at radius 3 is 1.88 bits per heavy atom. The van der Waals surface area contributed by atoms with Gasteiger partial charge in [0.2, 0.25) is 5.91 Å². The number of nitrogens with one attached hydrogen (secondary N) is 3. The van der Waals surface area contributed by atoms with Gasteiger partial charge in [-0.15, -0.1) is 0 Å². The highest BCUT2D eigenvalue weighted by atomic mass is 16.2. The third kappa shape index (κ3) is 4.93. The fourth-order valence-corrected chi connectivity index (χ4v) is 2.70. The van der Waals surface area contributed by atoms with Crippen LogP contribution < -0.4 is 16.0 Å². The highest BCUT2D eigenvalue weighted by molar-refractivity contribution is 5.95. The molecule has 5 nitrogen and oxygen atoms in total. The molecule has 0 aliphatic rings. The van der Waals surface area contributed by atoms with Gasteiger partial charge in [-0.1, -0.05) is 60.7 Å². The molecule has 0 bridgehead atoms. The first kappa shape index (κ1) is 17.7. The standard InChI is InChI=1S/C19H23N3O2/c1-14(21-13-17(23)22-19(24)20-2)18(15-9-5-3-6-10-15)16-11-7-4-8-12-16/h3-12,14,18,21H,13H2,1-2H3,(H2,20,22,23,24). The van der Waals surface area contributed by atoms with E-state index in [0.29, 0.717) is 0 Å². The molecule has 0 radical (unpaired) electrons. The SMILES string of the molecule is CNC(=O)NC(=O)CNC(C)C(c1ccccc1)c1ccccc1. The van der Waals surface area contributed by atoms with Crippen LogP contribution in [0, 0.1) is 0 Å². The van der Waals surface area contributed by atoms with Gasteiger partial charge in [-0.25, -0.2) is 4.79 Å². The molecular formula is C19H23N3O2. The highest BCUT2D eigenvalue weighted by Crippen LogP contribution is 2.27. The first-order chi connectivity index (χ1) is 11.6. The Bertz CT molecular complexity index is 619. The van der Waals surface area contributed by atoms with E-state index >= 15 is 0 Å². The normalized spacial score (nSPS) is 11.8. The number of imide groups is 1. The molecule has 0 heterocycles. The average molecular weight is 325 g/mol. The summed E-state index contributed by atoms with van der Waals surface area (Å²) >= 11 is 0. The zero-order valence-electron chi connectivity index (χ0n) is 14.0. The van der Waals surface area contributed by atoms with Crippen LogP contribution in [0.15, 0.2) is 60.7 Å². The van der Waals surface area contributed by atoms with Crippen LogP contribution in [0.4, 0.5) is 4.79 Å². The number of urea groups is 1. The Morgan fingerprint density at radius 1 is 0.917 bits per heavy atom. The van der Waals surface area contributed by atoms with E-state index in [4.69, 9.17) is 0 Å². The van der Waals surface area contributed by atoms with Crippen LogP contribution in [-0.2, 0) is 4.79 Å². The van der Waals surface area contributed by atoms with Gasteiger partial charge in [0.25, 0.3) is 0 Å². The molecule has 2 aromatic rings. The fourth-order valence-electron chi connectivity index (χ4n) is 2.70. The molecule has 0 saturated carbocycles. The van der Waals surface area contributed by atoms with Gasteiger partial charge in [0.1, 0.15) is 0 Å². The van der Waals surface area contributed by atoms with Crippen LogP contribution in [0.3, 0.4) is 0 Å². The number of benzene rings is 2. The minimum atomic E-state index is -0.503. The highest BCUT2D eigenvalue weighted by Gasteiger charge is 2.21. The Morgan fingerprint density at radius 2 is 1.42 bits per heavy atom. The van der Waals surface area contributed by atoms with E-state index in [1.807, 2.05) is 43.3 Å². The third-order valence-electron chi connectivity index (χ3n) is 3.88. The van der Waals surface area contributed by atoms with Gasteiger partial charge >= 0.3 is 6.03 Å². The van der Waals surface area contributed by atoms with Gasteiger partial charge in [0.15, 0.2) is 0 Å². The van der Waals surface area contributed by atoms with Gasteiger partial charge in [-0.05, 0) is 18.1 Å². The summed E-state index contributed by atoms with van der Waals surface area (Å²) in [5.41, 5.74) is 2.35. The molecule has 0 fully saturated rings. The van der Waals surface area contributed by atoms with Crippen molar-refractivity contribution in [3.63, 3.8) is 0 Å². The molecule has 2 rings (SSSR count). The largest absolute Gasteiger partial charge is 0.341 e. The van der Waals surface area contributed by atoms with Crippen molar-refractivity contribution in [2.75, 3.05) is 13.6 Å². The summed E-state index contributed by atoms with van der Waals surface area (Å²) in [5, 5.41) is 7.83. The molecule has 0 aliphatic heterocycles. The molecule has 0 saturated heterocycles. The number of carbonyl (C=O) groups excluding carboxylic acids is 2. The average Bonchev–Trinajstić information content (AvgIpc) is 2.62. The van der Waals surface area contributed by atoms with Crippen LogP contribution in [0.25, 0.3) is 0 Å². The molecule has 3 N–H and O–H groups in total. The number of rotatable bonds is 6. The van der Waals surface area contributed by atoms with Gasteiger partial charge < -0.3 is 10.6 Å². The van der Waals surface area contributed by atoms with Crippen molar-refractivity contribution < 1.29 is 9.59 Å². The lowest BCUT2D eigenvalue weighted by Gasteiger charge is -2.26. The van der Waals surface area contributed by atoms with E-state index in [1.165, 1.54) is 18.2 Å². The number of hydrogen-bond acceptors (Lipinski definition) is 3. The quantitative estimate of drug-likeness (QED) is 0.763. The van der Waals surface area contributed by atoms with Crippen molar-refractivity contribution in [1.29, 1.82) is 0 Å². The van der Waals surface area contributed by atoms with Crippen LogP contribution in [0.1, 0.15) is 24.0 Å². The van der Waals surface area contributed by atoms with Crippen molar-refractivity contribution in [2.45, 2.75) is 18.9 Å². The lowest BCUT2D eigenvalue weighted by atomic mass is 9.86. The minimum Gasteiger partial charge on any atom is -0.341 e. The minimum absolute atomic E-state index is 0.0187. The van der Waals surface area contributed by atoms with Gasteiger partial charge in [0.05, 0.1) is 6.54 Å². The molecule has 0 aliphatic carbocycles. The monoisotopic (exact) mass is 325 g/mol. The smallest absolute Gasteiger partial charge is 0.321 e. The summed E-state index contributed by atoms with van der Waals surface area (Å²) in [6.45, 7) is 2.11. The molecule has 24 heavy (non-hydrogen) atoms. The maximum Gasteiger partial charge on any atom is 0.321 e. The van der Waals surface area contributed by atoms with E-state index in [2.05, 4.69) is 40.2 Å². The number of carbonyl (C=O) groups is 2. The maximum absolute atomic E-state index is 11.8. The van der Waals surface area contributed by atoms with Crippen molar-refractivity contribution in [3.05, 3.63) is 71.8 Å². The molecule has 2 aromatic carbocycles. The van der Waals surface area contributed by atoms with Crippen LogP contribution in [0.5, 0.6) is 0 Å². The van der Waals surface area contributed by atoms with Gasteiger partial charge in [-0.2, -0.15) is 0 Å². The second-order valence-corrected chi connectivity index (χ2v) is 5.60. The van der Waals surface area contributed by atoms with Crippen LogP contribution in [0.2, 0.25) is 0 Å². The lowest BCUT2D eigenvalue weighted by molar-refractivity contribution is -0.119. The Kier molecular flexibility index (Phi) is 6.51. The third-order valence-corrected chi connectivity index (χ3v) is 3.88. The summed E-state index contributed by atoms with van der Waals surface area (Å²) in [7, 11) is 1.47. The first-order valence-corrected chi connectivity index (χ1v) is 7.96. The van der Waals surface area contributed by atoms with Crippen LogP contribution >= 0.6 is 0 Å². The van der Waals surface area contributed by atoms with Gasteiger partial charge in [-0.3, -0.25) is 10.1 Å². The Balaban J connectivity index is 2.10. The predicted octanol–water partition coefficient (Wildman–Crippen LogP) is 2.25. The summed E-state index contributed by atoms with van der Waals surface area (Å²) in [5.74, 6) is -0.249. The summed E-state index contributed by atoms with van der Waals surface area (Å²) < 4.78 is 0. The molecule has 1 unspecified atom stereocenters. The van der Waals surface area contributed by atoms with E-state index in [-0.39, 0.29) is 24.4 Å². The van der Waals surface area contributed by atoms with Crippen molar-refractivity contribution in [1.82, 2.24) is 16.0 Å². The zero-order chi connectivity index (χ0) is 17.4. The topological polar surface area (TPSA) is 70.2 Å². The predicted molar refractivity (Wildman–Crippen MR) is 94.8 cm³/mol. The lowest BCUT2D eigenvalue weighted by Crippen LogP contribution is -2.45. The zero-order valence-corrected chi connectivity index (χ0v) is 14.0. The molecule has 5 heteroatoms. The maximum atomic E-state index is 11.8. The van der Waals surface area contributed by atoms with Crippen molar-refractivity contribution in [3.8, 4) is 0 Å². The van der Waals surface area contributed by atoms with Crippen LogP contribution in [-0.4, -0.2) is 31.6 Å². The summed E-state index contributed by atoms with van der Waals surface area (Å²) in [6, 6.07) is 19.9. The Hall–Kier alpha value is -2.66. The van der Waals surface area contributed by atoms with E-state index in [9.17, 15) is 9.59 Å². The van der Waals surface area contributed by atoms with E-state index in [1.54, 1.807) is 0 Å². The fraction of sp³-hybridized carbons (Fsp3) is 0.263. The second kappa shape index (κ2) is 8.84. The van der Waals surface area contributed by atoms with E-state index in [0.717, 1.165) is 0 Å². The molecule has 1 atom stereocenters. The molecule has 126 valence electrons. The molecule has 0 aromatic heterocycles. The number of hydrogen-bond donors (Lipinski definition) is 3. The summed E-state index contributed by atoms with van der Waals surface area (Å²) in [4.78, 5) is 23.0. The summed E-state index contributed by atoms with van der Waals surface area (Å²) in [6.07, 6.45) is 0. The molecule has 0 spiro atoms. The van der Waals surface area contributed by atoms with Crippen molar-refractivity contribution in [2.24, 2.45) is 0 Å². The van der Waals surface area contributed by atoms with Gasteiger partial charge in [0, 0.05) is 19.0 Å². The Labute approximate surface area is 142 Å². The first-order valence-electron chi connectivity index (χ1n) is 7.96. The number of amides is 3.